The molecule has 33 heavy (non-hydrogen) atoms. The zero-order chi connectivity index (χ0) is 22.9. The van der Waals surface area contributed by atoms with E-state index in [2.05, 4.69) is 6.92 Å². The molecule has 5 rings (SSSR count). The summed E-state index contributed by atoms with van der Waals surface area (Å²) in [6.45, 7) is 5.33. The molecule has 5 nitrogen and oxygen atoms in total. The largest absolute Gasteiger partial charge is 0.339 e. The summed E-state index contributed by atoms with van der Waals surface area (Å²) in [4.78, 5) is 34.0. The third-order valence-corrected chi connectivity index (χ3v) is 7.72. The first-order valence-corrected chi connectivity index (χ1v) is 12.4. The second-order valence-corrected chi connectivity index (χ2v) is 9.66. The van der Waals surface area contributed by atoms with Gasteiger partial charge < -0.3 is 4.90 Å². The highest BCUT2D eigenvalue weighted by Crippen LogP contribution is 2.38. The van der Waals surface area contributed by atoms with Gasteiger partial charge in [-0.05, 0) is 55.2 Å². The van der Waals surface area contributed by atoms with Gasteiger partial charge in [-0.3, -0.25) is 14.2 Å². The predicted octanol–water partition coefficient (Wildman–Crippen LogP) is 5.41. The number of aromatic nitrogens is 2. The number of benzene rings is 3. The van der Waals surface area contributed by atoms with Gasteiger partial charge in [0.05, 0.1) is 10.9 Å². The van der Waals surface area contributed by atoms with E-state index in [1.807, 2.05) is 78.6 Å². The molecule has 0 aliphatic carbocycles. The Hall–Kier alpha value is -3.12. The molecule has 0 saturated carbocycles. The van der Waals surface area contributed by atoms with Gasteiger partial charge in [-0.1, -0.05) is 66.4 Å². The monoisotopic (exact) mass is 457 g/mol. The lowest BCUT2D eigenvalue weighted by Gasteiger charge is -2.27. The van der Waals surface area contributed by atoms with Crippen LogP contribution in [0.3, 0.4) is 0 Å². The SMILES string of the molecule is CCn1c(SC(C(=O)N2CCCC2C)c2ccccc2)nc2cc3ccccc3cc2c1=O. The summed E-state index contributed by atoms with van der Waals surface area (Å²) in [5.41, 5.74) is 1.53. The van der Waals surface area contributed by atoms with Crippen molar-refractivity contribution in [1.29, 1.82) is 0 Å². The van der Waals surface area contributed by atoms with Gasteiger partial charge in [-0.15, -0.1) is 0 Å². The number of likely N-dealkylation sites (tertiary alicyclic amines) is 1. The number of amides is 1. The standard InChI is InChI=1S/C27H27N3O2S/c1-3-29-25(31)22-16-20-13-7-8-14-21(20)17-23(22)28-27(29)33-24(19-11-5-4-6-12-19)26(32)30-15-9-10-18(30)2/h4-8,11-14,16-18,24H,3,9-10,15H2,1-2H3. The Labute approximate surface area is 197 Å². The molecule has 0 bridgehead atoms. The summed E-state index contributed by atoms with van der Waals surface area (Å²) in [5, 5.41) is 2.81. The molecule has 2 atom stereocenters. The van der Waals surface area contributed by atoms with Crippen molar-refractivity contribution >= 4 is 39.3 Å². The minimum atomic E-state index is -0.450. The van der Waals surface area contributed by atoms with Crippen molar-refractivity contribution in [3.8, 4) is 0 Å². The molecule has 1 saturated heterocycles. The van der Waals surface area contributed by atoms with E-state index >= 15 is 0 Å². The molecule has 1 aromatic heterocycles. The van der Waals surface area contributed by atoms with Crippen LogP contribution in [0.1, 0.15) is 37.5 Å². The molecule has 4 aromatic rings. The number of carbonyl (C=O) groups excluding carboxylic acids is 1. The molecule has 0 N–H and O–H groups in total. The molecule has 1 aliphatic heterocycles. The normalized spacial score (nSPS) is 17.0. The van der Waals surface area contributed by atoms with Crippen LogP contribution in [0.5, 0.6) is 0 Å². The van der Waals surface area contributed by atoms with Gasteiger partial charge in [0.2, 0.25) is 5.91 Å². The number of hydrogen-bond donors (Lipinski definition) is 0. The molecule has 2 unspecified atom stereocenters. The number of rotatable bonds is 5. The molecular formula is C27H27N3O2S. The molecule has 1 aliphatic rings. The van der Waals surface area contributed by atoms with E-state index in [9.17, 15) is 9.59 Å². The summed E-state index contributed by atoms with van der Waals surface area (Å²) in [5.74, 6) is 0.0895. The number of fused-ring (bicyclic) bond motifs is 2. The first kappa shape index (κ1) is 21.7. The zero-order valence-corrected chi connectivity index (χ0v) is 19.7. The van der Waals surface area contributed by atoms with Crippen LogP contribution in [0.25, 0.3) is 21.7 Å². The maximum Gasteiger partial charge on any atom is 0.262 e. The highest BCUT2D eigenvalue weighted by Gasteiger charge is 2.33. The average molecular weight is 458 g/mol. The van der Waals surface area contributed by atoms with Crippen molar-refractivity contribution in [2.24, 2.45) is 0 Å². The topological polar surface area (TPSA) is 55.2 Å². The van der Waals surface area contributed by atoms with E-state index < -0.39 is 5.25 Å². The fourth-order valence-corrected chi connectivity index (χ4v) is 5.89. The summed E-state index contributed by atoms with van der Waals surface area (Å²) in [6, 6.07) is 21.9. The molecule has 168 valence electrons. The second-order valence-electron chi connectivity index (χ2n) is 8.59. The summed E-state index contributed by atoms with van der Waals surface area (Å²) in [6.07, 6.45) is 2.05. The fraction of sp³-hybridized carbons (Fsp3) is 0.296. The van der Waals surface area contributed by atoms with Crippen LogP contribution in [-0.2, 0) is 11.3 Å². The number of nitrogens with zero attached hydrogens (tertiary/aromatic N) is 3. The van der Waals surface area contributed by atoms with E-state index in [0.29, 0.717) is 22.6 Å². The third-order valence-electron chi connectivity index (χ3n) is 6.49. The molecule has 2 heterocycles. The van der Waals surface area contributed by atoms with Crippen LogP contribution in [0.15, 0.2) is 76.7 Å². The molecule has 1 amide bonds. The lowest BCUT2D eigenvalue weighted by Crippen LogP contribution is -2.36. The van der Waals surface area contributed by atoms with Crippen LogP contribution < -0.4 is 5.56 Å². The Morgan fingerprint density at radius 2 is 1.79 bits per heavy atom. The lowest BCUT2D eigenvalue weighted by molar-refractivity contribution is -0.131. The van der Waals surface area contributed by atoms with E-state index in [1.165, 1.54) is 11.8 Å². The predicted molar refractivity (Wildman–Crippen MR) is 135 cm³/mol. The van der Waals surface area contributed by atoms with Crippen LogP contribution in [0, 0.1) is 0 Å². The minimum absolute atomic E-state index is 0.0652. The molecule has 1 fully saturated rings. The summed E-state index contributed by atoms with van der Waals surface area (Å²) < 4.78 is 1.69. The van der Waals surface area contributed by atoms with E-state index in [0.717, 1.165) is 35.7 Å². The number of hydrogen-bond acceptors (Lipinski definition) is 4. The van der Waals surface area contributed by atoms with E-state index in [4.69, 9.17) is 4.98 Å². The Kier molecular flexibility index (Phi) is 5.94. The van der Waals surface area contributed by atoms with E-state index in [-0.39, 0.29) is 17.5 Å². The summed E-state index contributed by atoms with van der Waals surface area (Å²) in [7, 11) is 0. The first-order valence-electron chi connectivity index (χ1n) is 11.5. The van der Waals surface area contributed by atoms with Crippen LogP contribution in [0.4, 0.5) is 0 Å². The minimum Gasteiger partial charge on any atom is -0.339 e. The highest BCUT2D eigenvalue weighted by molar-refractivity contribution is 8.00. The molecule has 0 radical (unpaired) electrons. The smallest absolute Gasteiger partial charge is 0.262 e. The lowest BCUT2D eigenvalue weighted by atomic mass is 10.1. The average Bonchev–Trinajstić information content (AvgIpc) is 3.27. The van der Waals surface area contributed by atoms with Crippen LogP contribution in [0.2, 0.25) is 0 Å². The van der Waals surface area contributed by atoms with Gasteiger partial charge in [0.1, 0.15) is 5.25 Å². The van der Waals surface area contributed by atoms with Crippen LogP contribution in [-0.4, -0.2) is 32.9 Å². The van der Waals surface area contributed by atoms with Gasteiger partial charge in [0.25, 0.3) is 5.56 Å². The third kappa shape index (κ3) is 4.04. The van der Waals surface area contributed by atoms with Crippen LogP contribution >= 0.6 is 11.8 Å². The van der Waals surface area contributed by atoms with Crippen molar-refractivity contribution in [1.82, 2.24) is 14.5 Å². The molecule has 0 spiro atoms. The fourth-order valence-electron chi connectivity index (χ4n) is 4.66. The molecule has 3 aromatic carbocycles. The maximum absolute atomic E-state index is 13.7. The number of carbonyl (C=O) groups is 1. The van der Waals surface area contributed by atoms with Crippen molar-refractivity contribution in [3.05, 3.63) is 82.6 Å². The Balaban J connectivity index is 1.63. The second kappa shape index (κ2) is 9.02. The van der Waals surface area contributed by atoms with Crippen molar-refractivity contribution in [2.45, 2.75) is 49.7 Å². The van der Waals surface area contributed by atoms with Gasteiger partial charge in [-0.2, -0.15) is 0 Å². The Bertz CT molecular complexity index is 1380. The Morgan fingerprint density at radius 1 is 1.09 bits per heavy atom. The van der Waals surface area contributed by atoms with Gasteiger partial charge in [0, 0.05) is 19.1 Å². The first-order chi connectivity index (χ1) is 16.1. The highest BCUT2D eigenvalue weighted by atomic mass is 32.2. The molecular weight excluding hydrogens is 430 g/mol. The van der Waals surface area contributed by atoms with Gasteiger partial charge >= 0.3 is 0 Å². The quantitative estimate of drug-likeness (QED) is 0.228. The zero-order valence-electron chi connectivity index (χ0n) is 18.9. The van der Waals surface area contributed by atoms with E-state index in [1.54, 1.807) is 4.57 Å². The van der Waals surface area contributed by atoms with Gasteiger partial charge in [0.15, 0.2) is 5.16 Å². The van der Waals surface area contributed by atoms with Crippen molar-refractivity contribution in [3.63, 3.8) is 0 Å². The Morgan fingerprint density at radius 3 is 2.45 bits per heavy atom. The summed E-state index contributed by atoms with van der Waals surface area (Å²) >= 11 is 1.39. The molecule has 6 heteroatoms. The number of thioether (sulfide) groups is 1. The van der Waals surface area contributed by atoms with Crippen molar-refractivity contribution < 1.29 is 4.79 Å². The van der Waals surface area contributed by atoms with Gasteiger partial charge in [-0.25, -0.2) is 4.98 Å². The van der Waals surface area contributed by atoms with Crippen molar-refractivity contribution in [2.75, 3.05) is 6.54 Å². The maximum atomic E-state index is 13.7.